The summed E-state index contributed by atoms with van der Waals surface area (Å²) in [5.74, 6) is -0.612. The Hall–Kier alpha value is -1.83. The average molecular weight is 312 g/mol. The van der Waals surface area contributed by atoms with Crippen LogP contribution in [0.3, 0.4) is 0 Å². The van der Waals surface area contributed by atoms with Crippen molar-refractivity contribution in [2.24, 2.45) is 10.9 Å². The molecule has 0 aromatic carbocycles. The summed E-state index contributed by atoms with van der Waals surface area (Å²) in [6, 6.07) is 1.18. The molecule has 114 valence electrons. The van der Waals surface area contributed by atoms with E-state index in [1.807, 2.05) is 6.26 Å². The minimum absolute atomic E-state index is 0.175. The summed E-state index contributed by atoms with van der Waals surface area (Å²) in [7, 11) is 0. The number of hydrogen-bond acceptors (Lipinski definition) is 5. The van der Waals surface area contributed by atoms with E-state index in [2.05, 4.69) is 10.1 Å². The smallest absolute Gasteiger partial charge is 0.255 e. The predicted octanol–water partition coefficient (Wildman–Crippen LogP) is 1.30. The molecule has 0 bridgehead atoms. The van der Waals surface area contributed by atoms with Crippen LogP contribution >= 0.6 is 11.8 Å². The second-order valence-corrected chi connectivity index (χ2v) is 6.06. The van der Waals surface area contributed by atoms with Crippen LogP contribution in [0.4, 0.5) is 4.39 Å². The molecule has 3 N–H and O–H groups in total. The maximum absolute atomic E-state index is 13.1. The van der Waals surface area contributed by atoms with Gasteiger partial charge < -0.3 is 15.8 Å². The molecule has 2 heterocycles. The zero-order chi connectivity index (χ0) is 15.5. The van der Waals surface area contributed by atoms with Gasteiger partial charge in [0.05, 0.1) is 16.5 Å². The molecule has 1 saturated heterocycles. The molecule has 2 rings (SSSR count). The number of oxime groups is 1. The van der Waals surface area contributed by atoms with E-state index < -0.39 is 10.6 Å². The number of nitrogens with two attached hydrogens (primary N) is 1. The Morgan fingerprint density at radius 1 is 1.52 bits per heavy atom. The lowest BCUT2D eigenvalue weighted by Crippen LogP contribution is -2.51. The van der Waals surface area contributed by atoms with Crippen LogP contribution in [0.5, 0.6) is 0 Å². The quantitative estimate of drug-likeness (QED) is 0.380. The molecule has 1 aromatic rings. The number of nitrogens with zero attached hydrogens (tertiary/aromatic N) is 3. The molecule has 21 heavy (non-hydrogen) atoms. The van der Waals surface area contributed by atoms with Gasteiger partial charge >= 0.3 is 0 Å². The van der Waals surface area contributed by atoms with Crippen LogP contribution in [-0.4, -0.2) is 50.9 Å². The molecular weight excluding hydrogens is 295 g/mol. The van der Waals surface area contributed by atoms with Gasteiger partial charge in [-0.3, -0.25) is 9.78 Å². The first kappa shape index (κ1) is 15.6. The van der Waals surface area contributed by atoms with Gasteiger partial charge in [-0.2, -0.15) is 11.8 Å². The number of rotatable bonds is 3. The summed E-state index contributed by atoms with van der Waals surface area (Å²) in [6.07, 6.45) is 5.47. The van der Waals surface area contributed by atoms with Crippen molar-refractivity contribution in [3.63, 3.8) is 0 Å². The van der Waals surface area contributed by atoms with Crippen molar-refractivity contribution in [1.82, 2.24) is 9.88 Å². The second-order valence-electron chi connectivity index (χ2n) is 4.87. The van der Waals surface area contributed by atoms with Crippen LogP contribution in [0, 0.1) is 5.82 Å². The van der Waals surface area contributed by atoms with Crippen LogP contribution in [0.2, 0.25) is 0 Å². The second kappa shape index (κ2) is 6.30. The molecule has 1 fully saturated rings. The topological polar surface area (TPSA) is 91.8 Å². The molecule has 1 aromatic heterocycles. The summed E-state index contributed by atoms with van der Waals surface area (Å²) in [5, 5.41) is 12.0. The number of hydrogen-bond donors (Lipinski definition) is 2. The third-order valence-corrected chi connectivity index (χ3v) is 5.17. The van der Waals surface area contributed by atoms with Gasteiger partial charge in [0.25, 0.3) is 5.91 Å². The van der Waals surface area contributed by atoms with Crippen LogP contribution in [0.15, 0.2) is 23.6 Å². The molecule has 1 aliphatic heterocycles. The van der Waals surface area contributed by atoms with E-state index in [-0.39, 0.29) is 17.3 Å². The molecule has 0 saturated carbocycles. The summed E-state index contributed by atoms with van der Waals surface area (Å²) in [5.41, 5.74) is 5.99. The first-order valence-electron chi connectivity index (χ1n) is 6.45. The fraction of sp³-hybridized carbons (Fsp3) is 0.462. The van der Waals surface area contributed by atoms with Gasteiger partial charge in [-0.25, -0.2) is 4.39 Å². The normalized spacial score (nSPS) is 18.6. The molecule has 0 spiro atoms. The Morgan fingerprint density at radius 3 is 2.71 bits per heavy atom. The van der Waals surface area contributed by atoms with Crippen molar-refractivity contribution >= 4 is 23.5 Å². The van der Waals surface area contributed by atoms with Crippen molar-refractivity contribution in [1.29, 1.82) is 0 Å². The number of aromatic nitrogens is 1. The van der Waals surface area contributed by atoms with E-state index in [0.717, 1.165) is 6.20 Å². The first-order valence-corrected chi connectivity index (χ1v) is 7.68. The molecular formula is C13H17FN4O2S. The summed E-state index contributed by atoms with van der Waals surface area (Å²) in [4.78, 5) is 17.6. The third kappa shape index (κ3) is 3.10. The van der Waals surface area contributed by atoms with Crippen LogP contribution in [-0.2, 0) is 0 Å². The molecule has 0 radical (unpaired) electrons. The number of carbonyl (C=O) groups is 1. The lowest BCUT2D eigenvalue weighted by Gasteiger charge is -2.39. The van der Waals surface area contributed by atoms with E-state index in [1.54, 1.807) is 4.90 Å². The zero-order valence-electron chi connectivity index (χ0n) is 11.6. The maximum atomic E-state index is 13.1. The number of pyridine rings is 1. The monoisotopic (exact) mass is 312 g/mol. The van der Waals surface area contributed by atoms with Gasteiger partial charge in [-0.05, 0) is 25.2 Å². The fourth-order valence-corrected chi connectivity index (χ4v) is 3.28. The van der Waals surface area contributed by atoms with Gasteiger partial charge in [0.15, 0.2) is 5.84 Å². The van der Waals surface area contributed by atoms with Gasteiger partial charge in [0.2, 0.25) is 0 Å². The average Bonchev–Trinajstić information content (AvgIpc) is 2.53. The van der Waals surface area contributed by atoms with E-state index >= 15 is 0 Å². The zero-order valence-corrected chi connectivity index (χ0v) is 12.4. The molecule has 1 amide bonds. The lowest BCUT2D eigenvalue weighted by atomic mass is 9.94. The third-order valence-electron chi connectivity index (χ3n) is 3.78. The highest BCUT2D eigenvalue weighted by molar-refractivity contribution is 8.00. The van der Waals surface area contributed by atoms with Crippen LogP contribution < -0.4 is 5.73 Å². The number of halogens is 1. The lowest BCUT2D eigenvalue weighted by molar-refractivity contribution is 0.0717. The van der Waals surface area contributed by atoms with E-state index in [4.69, 9.17) is 10.9 Å². The number of carbonyl (C=O) groups excluding carboxylic acids is 1. The van der Waals surface area contributed by atoms with E-state index in [1.165, 1.54) is 24.0 Å². The van der Waals surface area contributed by atoms with Gasteiger partial charge in [-0.1, -0.05) is 5.16 Å². The molecule has 0 atom stereocenters. The molecule has 0 unspecified atom stereocenters. The number of thioether (sulfide) groups is 1. The fourth-order valence-electron chi connectivity index (χ4n) is 2.44. The van der Waals surface area contributed by atoms with E-state index in [0.29, 0.717) is 25.9 Å². The first-order chi connectivity index (χ1) is 10.0. The minimum Gasteiger partial charge on any atom is -0.409 e. The SMILES string of the molecule is CSC1(/C(N)=N/O)CCN(C(=O)c2cncc(F)c2)CC1. The van der Waals surface area contributed by atoms with Gasteiger partial charge in [0.1, 0.15) is 5.82 Å². The van der Waals surface area contributed by atoms with Crippen molar-refractivity contribution in [3.8, 4) is 0 Å². The van der Waals surface area contributed by atoms with Crippen molar-refractivity contribution < 1.29 is 14.4 Å². The van der Waals surface area contributed by atoms with Gasteiger partial charge in [-0.15, -0.1) is 0 Å². The van der Waals surface area contributed by atoms with Crippen molar-refractivity contribution in [2.45, 2.75) is 17.6 Å². The Labute approximate surface area is 126 Å². The highest BCUT2D eigenvalue weighted by Gasteiger charge is 2.39. The summed E-state index contributed by atoms with van der Waals surface area (Å²) < 4.78 is 12.7. The molecule has 0 aliphatic carbocycles. The standard InChI is InChI=1S/C13H17FN4O2S/c1-21-13(12(15)17-20)2-4-18(5-3-13)11(19)9-6-10(14)8-16-7-9/h6-8,20H,2-5H2,1H3,(H2,15,17). The Morgan fingerprint density at radius 2 is 2.19 bits per heavy atom. The van der Waals surface area contributed by atoms with Crippen LogP contribution in [0.25, 0.3) is 0 Å². The maximum Gasteiger partial charge on any atom is 0.255 e. The highest BCUT2D eigenvalue weighted by Crippen LogP contribution is 2.35. The summed E-state index contributed by atoms with van der Waals surface area (Å²) >= 11 is 1.51. The molecule has 1 aliphatic rings. The van der Waals surface area contributed by atoms with E-state index in [9.17, 15) is 9.18 Å². The number of likely N-dealkylation sites (tertiary alicyclic amines) is 1. The Kier molecular flexibility index (Phi) is 4.66. The summed E-state index contributed by atoms with van der Waals surface area (Å²) in [6.45, 7) is 0.929. The van der Waals surface area contributed by atoms with Crippen LogP contribution in [0.1, 0.15) is 23.2 Å². The molecule has 8 heteroatoms. The van der Waals surface area contributed by atoms with Gasteiger partial charge in [0, 0.05) is 19.3 Å². The minimum atomic E-state index is -0.534. The molecule has 6 nitrogen and oxygen atoms in total. The predicted molar refractivity (Wildman–Crippen MR) is 79.0 cm³/mol. The highest BCUT2D eigenvalue weighted by atomic mass is 32.2. The number of amidine groups is 1. The van der Waals surface area contributed by atoms with Crippen molar-refractivity contribution in [3.05, 3.63) is 29.8 Å². The largest absolute Gasteiger partial charge is 0.409 e. The Bertz CT molecular complexity index is 559. The number of amides is 1. The number of piperidine rings is 1. The van der Waals surface area contributed by atoms with Crippen molar-refractivity contribution in [2.75, 3.05) is 19.3 Å². The Balaban J connectivity index is 2.09.